The van der Waals surface area contributed by atoms with Crippen molar-refractivity contribution < 1.29 is 0 Å². The molecule has 5 nitrogen and oxygen atoms in total. The largest absolute Gasteiger partial charge is 0.397 e. The van der Waals surface area contributed by atoms with Crippen molar-refractivity contribution in [1.29, 1.82) is 0 Å². The predicted molar refractivity (Wildman–Crippen MR) is 83.0 cm³/mol. The predicted octanol–water partition coefficient (Wildman–Crippen LogP) is 2.93. The summed E-state index contributed by atoms with van der Waals surface area (Å²) in [5, 5.41) is 12.3. The second kappa shape index (κ2) is 5.54. The highest BCUT2D eigenvalue weighted by Crippen LogP contribution is 2.29. The van der Waals surface area contributed by atoms with Crippen LogP contribution in [-0.4, -0.2) is 20.2 Å². The van der Waals surface area contributed by atoms with Gasteiger partial charge in [-0.3, -0.25) is 0 Å². The van der Waals surface area contributed by atoms with Crippen LogP contribution in [0.5, 0.6) is 0 Å². The topological polar surface area (TPSA) is 69.6 Å². The summed E-state index contributed by atoms with van der Waals surface area (Å²) in [5.41, 5.74) is 9.57. The molecule has 0 aliphatic carbocycles. The van der Waals surface area contributed by atoms with Crippen molar-refractivity contribution in [3.05, 3.63) is 58.6 Å². The van der Waals surface area contributed by atoms with Crippen LogP contribution in [0.2, 0.25) is 5.02 Å². The Bertz CT molecular complexity index is 764. The second-order valence-corrected chi connectivity index (χ2v) is 5.25. The molecule has 0 fully saturated rings. The molecule has 0 atom stereocenters. The summed E-state index contributed by atoms with van der Waals surface area (Å²) >= 11 is 6.06. The van der Waals surface area contributed by atoms with E-state index in [-0.39, 0.29) is 0 Å². The maximum Gasteiger partial charge on any atom is 0.184 e. The van der Waals surface area contributed by atoms with E-state index in [0.717, 1.165) is 11.1 Å². The monoisotopic (exact) mass is 299 g/mol. The average Bonchev–Trinajstić information content (AvgIpc) is 2.92. The van der Waals surface area contributed by atoms with Gasteiger partial charge in [0, 0.05) is 5.56 Å². The molecule has 0 spiro atoms. The number of aryl methyl sites for hydroxylation is 1. The van der Waals surface area contributed by atoms with E-state index < -0.39 is 0 Å². The van der Waals surface area contributed by atoms with Gasteiger partial charge in [0.15, 0.2) is 5.82 Å². The van der Waals surface area contributed by atoms with Crippen LogP contribution in [0.15, 0.2) is 42.5 Å². The lowest BCUT2D eigenvalue weighted by Crippen LogP contribution is -2.05. The van der Waals surface area contributed by atoms with Crippen LogP contribution in [0.1, 0.15) is 11.1 Å². The van der Waals surface area contributed by atoms with Crippen LogP contribution < -0.4 is 5.73 Å². The molecular formula is C15H14ClN5. The molecule has 0 amide bonds. The Morgan fingerprint density at radius 3 is 2.67 bits per heavy atom. The lowest BCUT2D eigenvalue weighted by molar-refractivity contribution is 0.653. The Morgan fingerprint density at radius 1 is 1.14 bits per heavy atom. The fourth-order valence-electron chi connectivity index (χ4n) is 2.10. The van der Waals surface area contributed by atoms with Gasteiger partial charge in [-0.05, 0) is 35.0 Å². The minimum absolute atomic E-state index is 0.485. The molecule has 0 aliphatic heterocycles. The van der Waals surface area contributed by atoms with E-state index in [1.54, 1.807) is 10.7 Å². The third-order valence-corrected chi connectivity index (χ3v) is 3.61. The Balaban J connectivity index is 1.97. The summed E-state index contributed by atoms with van der Waals surface area (Å²) in [6.45, 7) is 2.63. The lowest BCUT2D eigenvalue weighted by atomic mass is 10.1. The molecule has 6 heteroatoms. The second-order valence-electron chi connectivity index (χ2n) is 4.85. The molecule has 0 saturated heterocycles. The highest BCUT2D eigenvalue weighted by Gasteiger charge is 2.13. The normalized spacial score (nSPS) is 10.8. The van der Waals surface area contributed by atoms with Crippen LogP contribution in [0.4, 0.5) is 5.69 Å². The number of rotatable bonds is 3. The smallest absolute Gasteiger partial charge is 0.184 e. The quantitative estimate of drug-likeness (QED) is 0.755. The van der Waals surface area contributed by atoms with Gasteiger partial charge in [0.2, 0.25) is 0 Å². The van der Waals surface area contributed by atoms with Crippen molar-refractivity contribution in [3.63, 3.8) is 0 Å². The van der Waals surface area contributed by atoms with E-state index in [2.05, 4.69) is 46.7 Å². The third-order valence-electron chi connectivity index (χ3n) is 3.28. The number of tetrazole rings is 1. The average molecular weight is 300 g/mol. The summed E-state index contributed by atoms with van der Waals surface area (Å²) in [7, 11) is 0. The van der Waals surface area contributed by atoms with Crippen LogP contribution in [0.25, 0.3) is 11.4 Å². The van der Waals surface area contributed by atoms with Crippen LogP contribution in [0.3, 0.4) is 0 Å². The van der Waals surface area contributed by atoms with Gasteiger partial charge in [-0.25, -0.2) is 4.68 Å². The van der Waals surface area contributed by atoms with Crippen molar-refractivity contribution in [2.45, 2.75) is 13.5 Å². The molecule has 3 rings (SSSR count). The van der Waals surface area contributed by atoms with Crippen molar-refractivity contribution in [2.75, 3.05) is 5.73 Å². The molecule has 0 bridgehead atoms. The highest BCUT2D eigenvalue weighted by atomic mass is 35.5. The fraction of sp³-hybridized carbons (Fsp3) is 0.133. The summed E-state index contributed by atoms with van der Waals surface area (Å²) < 4.78 is 1.71. The molecule has 0 saturated carbocycles. The SMILES string of the molecule is Cc1ccc(Cn2nnnc2-c2cccc(Cl)c2N)cc1. The number of para-hydroxylation sites is 1. The number of benzene rings is 2. The number of hydrogen-bond donors (Lipinski definition) is 1. The zero-order valence-electron chi connectivity index (χ0n) is 11.5. The first-order valence-corrected chi connectivity index (χ1v) is 6.89. The van der Waals surface area contributed by atoms with Crippen molar-refractivity contribution >= 4 is 17.3 Å². The molecule has 1 heterocycles. The van der Waals surface area contributed by atoms with Gasteiger partial charge in [0.05, 0.1) is 17.3 Å². The van der Waals surface area contributed by atoms with Crippen molar-refractivity contribution in [3.8, 4) is 11.4 Å². The first-order chi connectivity index (χ1) is 10.1. The van der Waals surface area contributed by atoms with E-state index in [0.29, 0.717) is 23.1 Å². The molecule has 3 aromatic rings. The number of halogens is 1. The zero-order chi connectivity index (χ0) is 14.8. The Kier molecular flexibility index (Phi) is 3.58. The maximum absolute atomic E-state index is 6.06. The molecular weight excluding hydrogens is 286 g/mol. The standard InChI is InChI=1S/C15H14ClN5/c1-10-5-7-11(8-6-10)9-21-15(18-19-20-21)12-3-2-4-13(16)14(12)17/h2-8H,9,17H2,1H3. The van der Waals surface area contributed by atoms with Gasteiger partial charge in [0.25, 0.3) is 0 Å². The number of anilines is 1. The molecule has 2 aromatic carbocycles. The Hall–Kier alpha value is -2.40. The molecule has 106 valence electrons. The minimum Gasteiger partial charge on any atom is -0.397 e. The molecule has 21 heavy (non-hydrogen) atoms. The minimum atomic E-state index is 0.485. The lowest BCUT2D eigenvalue weighted by Gasteiger charge is -2.08. The van der Waals surface area contributed by atoms with E-state index >= 15 is 0 Å². The van der Waals surface area contributed by atoms with Crippen molar-refractivity contribution in [2.24, 2.45) is 0 Å². The summed E-state index contributed by atoms with van der Waals surface area (Å²) in [4.78, 5) is 0. The molecule has 2 N–H and O–H groups in total. The molecule has 0 aliphatic rings. The van der Waals surface area contributed by atoms with E-state index in [1.165, 1.54) is 5.56 Å². The molecule has 1 aromatic heterocycles. The van der Waals surface area contributed by atoms with Crippen molar-refractivity contribution in [1.82, 2.24) is 20.2 Å². The van der Waals surface area contributed by atoms with Gasteiger partial charge < -0.3 is 5.73 Å². The molecule has 0 unspecified atom stereocenters. The number of nitrogens with two attached hydrogens (primary N) is 1. The summed E-state index contributed by atoms with van der Waals surface area (Å²) in [6, 6.07) is 13.7. The van der Waals surface area contributed by atoms with Gasteiger partial charge in [-0.1, -0.05) is 47.5 Å². The zero-order valence-corrected chi connectivity index (χ0v) is 12.2. The summed E-state index contributed by atoms with van der Waals surface area (Å²) in [6.07, 6.45) is 0. The highest BCUT2D eigenvalue weighted by molar-refractivity contribution is 6.33. The molecule has 0 radical (unpaired) electrons. The van der Waals surface area contributed by atoms with E-state index in [4.69, 9.17) is 17.3 Å². The first kappa shape index (κ1) is 13.6. The summed E-state index contributed by atoms with van der Waals surface area (Å²) in [5.74, 6) is 0.607. The number of aromatic nitrogens is 4. The number of hydrogen-bond acceptors (Lipinski definition) is 4. The van der Waals surface area contributed by atoms with Gasteiger partial charge in [-0.2, -0.15) is 0 Å². The van der Waals surface area contributed by atoms with E-state index in [9.17, 15) is 0 Å². The maximum atomic E-state index is 6.06. The van der Waals surface area contributed by atoms with Gasteiger partial charge >= 0.3 is 0 Å². The number of nitrogen functional groups attached to an aromatic ring is 1. The number of nitrogens with zero attached hydrogens (tertiary/aromatic N) is 4. The first-order valence-electron chi connectivity index (χ1n) is 6.51. The Labute approximate surface area is 127 Å². The third kappa shape index (κ3) is 2.73. The van der Waals surface area contributed by atoms with Gasteiger partial charge in [-0.15, -0.1) is 5.10 Å². The Morgan fingerprint density at radius 2 is 1.90 bits per heavy atom. The fourth-order valence-corrected chi connectivity index (χ4v) is 2.28. The van der Waals surface area contributed by atoms with Gasteiger partial charge in [0.1, 0.15) is 0 Å². The van der Waals surface area contributed by atoms with E-state index in [1.807, 2.05) is 12.1 Å². The van der Waals surface area contributed by atoms with Crippen LogP contribution >= 0.6 is 11.6 Å². The van der Waals surface area contributed by atoms with Crippen LogP contribution in [0, 0.1) is 6.92 Å². The van der Waals surface area contributed by atoms with Crippen LogP contribution in [-0.2, 0) is 6.54 Å².